The minimum Gasteiger partial charge on any atom is -0.374 e. The van der Waals surface area contributed by atoms with E-state index in [4.69, 9.17) is 5.73 Å². The molecule has 4 nitrogen and oxygen atoms in total. The van der Waals surface area contributed by atoms with E-state index in [9.17, 15) is 4.79 Å². The third-order valence-corrected chi connectivity index (χ3v) is 3.36. The molecule has 0 radical (unpaired) electrons. The number of amides is 1. The fourth-order valence-corrected chi connectivity index (χ4v) is 2.33. The van der Waals surface area contributed by atoms with Gasteiger partial charge in [-0.15, -0.1) is 0 Å². The molecule has 0 fully saturated rings. The Hall–Kier alpha value is -1.55. The predicted molar refractivity (Wildman–Crippen MR) is 74.0 cm³/mol. The van der Waals surface area contributed by atoms with Crippen molar-refractivity contribution in [3.63, 3.8) is 0 Å². The molecule has 0 saturated heterocycles. The Labute approximate surface area is 108 Å². The van der Waals surface area contributed by atoms with Gasteiger partial charge in [0.2, 0.25) is 0 Å². The lowest BCUT2D eigenvalue weighted by Gasteiger charge is -2.27. The van der Waals surface area contributed by atoms with Gasteiger partial charge in [0.05, 0.1) is 0 Å². The van der Waals surface area contributed by atoms with Crippen LogP contribution in [0.3, 0.4) is 0 Å². The minimum absolute atomic E-state index is 0.000485. The Bertz CT molecular complexity index is 431. The molecule has 1 aliphatic heterocycles. The summed E-state index contributed by atoms with van der Waals surface area (Å²) in [5.74, 6) is -0.000485. The molecule has 0 saturated carbocycles. The molecule has 98 valence electrons. The number of fused-ring (bicyclic) bond motifs is 1. The second-order valence-corrected chi connectivity index (χ2v) is 4.77. The first kappa shape index (κ1) is 12.9. The molecule has 1 aromatic carbocycles. The zero-order valence-corrected chi connectivity index (χ0v) is 10.9. The summed E-state index contributed by atoms with van der Waals surface area (Å²) in [6.07, 6.45) is 3.03. The number of nitrogens with two attached hydrogens (primary N) is 1. The van der Waals surface area contributed by atoms with Crippen LogP contribution in [0.1, 0.15) is 28.8 Å². The molecule has 4 heteroatoms. The van der Waals surface area contributed by atoms with Crippen molar-refractivity contribution in [3.8, 4) is 0 Å². The van der Waals surface area contributed by atoms with Crippen LogP contribution >= 0.6 is 0 Å². The standard InChI is InChI=1S/C14H21N3O/c1-17-9-2-4-11-10-12(5-6-13(11)17)14(18)16-8-3-7-15/h5-6,10H,2-4,7-9,15H2,1H3,(H,16,18). The Balaban J connectivity index is 2.08. The van der Waals surface area contributed by atoms with E-state index in [0.29, 0.717) is 13.1 Å². The Morgan fingerprint density at radius 1 is 1.50 bits per heavy atom. The van der Waals surface area contributed by atoms with E-state index >= 15 is 0 Å². The lowest BCUT2D eigenvalue weighted by atomic mass is 9.99. The highest BCUT2D eigenvalue weighted by atomic mass is 16.1. The summed E-state index contributed by atoms with van der Waals surface area (Å²) >= 11 is 0. The van der Waals surface area contributed by atoms with Gasteiger partial charge in [0.15, 0.2) is 0 Å². The van der Waals surface area contributed by atoms with E-state index in [2.05, 4.69) is 17.3 Å². The van der Waals surface area contributed by atoms with Crippen LogP contribution in [0.25, 0.3) is 0 Å². The number of nitrogens with zero attached hydrogens (tertiary/aromatic N) is 1. The van der Waals surface area contributed by atoms with Gasteiger partial charge < -0.3 is 16.0 Å². The van der Waals surface area contributed by atoms with Gasteiger partial charge in [-0.2, -0.15) is 0 Å². The Morgan fingerprint density at radius 2 is 2.33 bits per heavy atom. The maximum Gasteiger partial charge on any atom is 0.251 e. The topological polar surface area (TPSA) is 58.4 Å². The molecule has 0 unspecified atom stereocenters. The van der Waals surface area contributed by atoms with E-state index in [1.165, 1.54) is 11.3 Å². The Morgan fingerprint density at radius 3 is 3.11 bits per heavy atom. The first-order chi connectivity index (χ1) is 8.72. The zero-order valence-electron chi connectivity index (χ0n) is 10.9. The van der Waals surface area contributed by atoms with E-state index in [0.717, 1.165) is 31.4 Å². The molecule has 0 atom stereocenters. The van der Waals surface area contributed by atoms with Gasteiger partial charge in [-0.05, 0) is 49.6 Å². The molecule has 0 bridgehead atoms. The summed E-state index contributed by atoms with van der Waals surface area (Å²) < 4.78 is 0. The molecule has 1 aliphatic rings. The monoisotopic (exact) mass is 247 g/mol. The van der Waals surface area contributed by atoms with Crippen LogP contribution in [-0.2, 0) is 6.42 Å². The molecule has 0 aliphatic carbocycles. The van der Waals surface area contributed by atoms with Crippen molar-refractivity contribution in [1.29, 1.82) is 0 Å². The van der Waals surface area contributed by atoms with E-state index in [1.807, 2.05) is 18.2 Å². The molecular formula is C14H21N3O. The fourth-order valence-electron chi connectivity index (χ4n) is 2.33. The van der Waals surface area contributed by atoms with Crippen molar-refractivity contribution in [1.82, 2.24) is 5.32 Å². The highest BCUT2D eigenvalue weighted by molar-refractivity contribution is 5.95. The van der Waals surface area contributed by atoms with Crippen LogP contribution in [0, 0.1) is 0 Å². The molecule has 3 N–H and O–H groups in total. The normalized spacial score (nSPS) is 14.2. The number of aryl methyl sites for hydroxylation is 1. The lowest BCUT2D eigenvalue weighted by molar-refractivity contribution is 0.0953. The van der Waals surface area contributed by atoms with Crippen molar-refractivity contribution in [2.24, 2.45) is 5.73 Å². The predicted octanol–water partition coefficient (Wildman–Crippen LogP) is 1.15. The smallest absolute Gasteiger partial charge is 0.251 e. The summed E-state index contributed by atoms with van der Waals surface area (Å²) in [4.78, 5) is 14.2. The first-order valence-electron chi connectivity index (χ1n) is 6.54. The lowest BCUT2D eigenvalue weighted by Crippen LogP contribution is -2.27. The quantitative estimate of drug-likeness (QED) is 0.785. The van der Waals surface area contributed by atoms with Crippen LogP contribution in [0.2, 0.25) is 0 Å². The van der Waals surface area contributed by atoms with Crippen molar-refractivity contribution in [2.45, 2.75) is 19.3 Å². The number of nitrogens with one attached hydrogen (secondary N) is 1. The van der Waals surface area contributed by atoms with Crippen molar-refractivity contribution in [3.05, 3.63) is 29.3 Å². The highest BCUT2D eigenvalue weighted by Crippen LogP contribution is 2.26. The molecule has 1 heterocycles. The number of benzene rings is 1. The summed E-state index contributed by atoms with van der Waals surface area (Å²) in [5, 5.41) is 2.89. The van der Waals surface area contributed by atoms with Crippen LogP contribution < -0.4 is 16.0 Å². The molecule has 0 aromatic heterocycles. The SMILES string of the molecule is CN1CCCc2cc(C(=O)NCCCN)ccc21. The molecule has 1 aromatic rings. The third kappa shape index (κ3) is 2.82. The maximum absolute atomic E-state index is 11.9. The van der Waals surface area contributed by atoms with Crippen molar-refractivity contribution < 1.29 is 4.79 Å². The number of carbonyl (C=O) groups excluding carboxylic acids is 1. The van der Waals surface area contributed by atoms with E-state index in [1.54, 1.807) is 0 Å². The van der Waals surface area contributed by atoms with Crippen molar-refractivity contribution in [2.75, 3.05) is 31.6 Å². The van der Waals surface area contributed by atoms with Crippen molar-refractivity contribution >= 4 is 11.6 Å². The summed E-state index contributed by atoms with van der Waals surface area (Å²) in [6.45, 7) is 2.34. The first-order valence-corrected chi connectivity index (χ1v) is 6.54. The number of anilines is 1. The second-order valence-electron chi connectivity index (χ2n) is 4.77. The molecule has 2 rings (SSSR count). The van der Waals surface area contributed by atoms with Crippen LogP contribution in [-0.4, -0.2) is 32.6 Å². The number of rotatable bonds is 4. The Kier molecular flexibility index (Phi) is 4.20. The second kappa shape index (κ2) is 5.87. The van der Waals surface area contributed by atoms with Gasteiger partial charge in [0, 0.05) is 31.4 Å². The van der Waals surface area contributed by atoms with Crippen LogP contribution in [0.5, 0.6) is 0 Å². The number of carbonyl (C=O) groups is 1. The average molecular weight is 247 g/mol. The zero-order chi connectivity index (χ0) is 13.0. The largest absolute Gasteiger partial charge is 0.374 e. The van der Waals surface area contributed by atoms with Crippen LogP contribution in [0.15, 0.2) is 18.2 Å². The molecular weight excluding hydrogens is 226 g/mol. The summed E-state index contributed by atoms with van der Waals surface area (Å²) in [5.41, 5.74) is 8.68. The molecule has 1 amide bonds. The van der Waals surface area contributed by atoms with Gasteiger partial charge in [-0.3, -0.25) is 4.79 Å². The highest BCUT2D eigenvalue weighted by Gasteiger charge is 2.15. The van der Waals surface area contributed by atoms with E-state index in [-0.39, 0.29) is 5.91 Å². The summed E-state index contributed by atoms with van der Waals surface area (Å²) in [7, 11) is 2.10. The third-order valence-electron chi connectivity index (χ3n) is 3.36. The van der Waals surface area contributed by atoms with Gasteiger partial charge in [0.25, 0.3) is 5.91 Å². The fraction of sp³-hybridized carbons (Fsp3) is 0.500. The molecule has 18 heavy (non-hydrogen) atoms. The van der Waals surface area contributed by atoms with Gasteiger partial charge >= 0.3 is 0 Å². The van der Waals surface area contributed by atoms with Gasteiger partial charge in [0.1, 0.15) is 0 Å². The average Bonchev–Trinajstić information content (AvgIpc) is 2.39. The van der Waals surface area contributed by atoms with Gasteiger partial charge in [-0.1, -0.05) is 0 Å². The number of hydrogen-bond donors (Lipinski definition) is 2. The minimum atomic E-state index is -0.000485. The number of hydrogen-bond acceptors (Lipinski definition) is 3. The maximum atomic E-state index is 11.9. The van der Waals surface area contributed by atoms with E-state index < -0.39 is 0 Å². The van der Waals surface area contributed by atoms with Crippen LogP contribution in [0.4, 0.5) is 5.69 Å². The summed E-state index contributed by atoms with van der Waals surface area (Å²) in [6, 6.07) is 5.97. The molecule has 0 spiro atoms. The van der Waals surface area contributed by atoms with Gasteiger partial charge in [-0.25, -0.2) is 0 Å².